The van der Waals surface area contributed by atoms with Gasteiger partial charge in [0.2, 0.25) is 0 Å². The normalized spacial score (nSPS) is 35.2. The SMILES string of the molecule is O=S1OC[C@H](CCI)O1. The Bertz CT molecular complexity index is 118. The van der Waals surface area contributed by atoms with Crippen LogP contribution in [0.5, 0.6) is 0 Å². The monoisotopic (exact) mass is 262 g/mol. The average Bonchev–Trinajstić information content (AvgIpc) is 2.17. The number of halogens is 1. The Hall–Kier alpha value is 0.800. The maximum Gasteiger partial charge on any atom is 0.305 e. The number of hydrogen-bond acceptors (Lipinski definition) is 3. The van der Waals surface area contributed by atoms with Gasteiger partial charge in [-0.3, -0.25) is 8.37 Å². The molecule has 5 heteroatoms. The predicted molar refractivity (Wildman–Crippen MR) is 42.5 cm³/mol. The summed E-state index contributed by atoms with van der Waals surface area (Å²) in [7, 11) is 0. The van der Waals surface area contributed by atoms with Gasteiger partial charge in [-0.2, -0.15) is 4.21 Å². The molecule has 0 radical (unpaired) electrons. The topological polar surface area (TPSA) is 35.5 Å². The van der Waals surface area contributed by atoms with Crippen LogP contribution < -0.4 is 0 Å². The first-order valence-corrected chi connectivity index (χ1v) is 5.13. The van der Waals surface area contributed by atoms with Gasteiger partial charge < -0.3 is 0 Å². The van der Waals surface area contributed by atoms with E-state index in [4.69, 9.17) is 4.18 Å². The van der Waals surface area contributed by atoms with Crippen LogP contribution in [0.15, 0.2) is 0 Å². The molecule has 1 aliphatic heterocycles. The van der Waals surface area contributed by atoms with Crippen molar-refractivity contribution in [2.75, 3.05) is 11.0 Å². The van der Waals surface area contributed by atoms with Gasteiger partial charge in [-0.05, 0) is 6.42 Å². The molecule has 0 bridgehead atoms. The summed E-state index contributed by atoms with van der Waals surface area (Å²) in [5.41, 5.74) is 0. The van der Waals surface area contributed by atoms with E-state index in [0.29, 0.717) is 6.61 Å². The van der Waals surface area contributed by atoms with Crippen molar-refractivity contribution in [3.63, 3.8) is 0 Å². The molecule has 1 fully saturated rings. The van der Waals surface area contributed by atoms with E-state index in [1.807, 2.05) is 0 Å². The van der Waals surface area contributed by atoms with Crippen molar-refractivity contribution < 1.29 is 12.6 Å². The van der Waals surface area contributed by atoms with Gasteiger partial charge in [0, 0.05) is 4.43 Å². The van der Waals surface area contributed by atoms with Gasteiger partial charge in [-0.15, -0.1) is 0 Å². The minimum atomic E-state index is -1.46. The minimum Gasteiger partial charge on any atom is -0.266 e. The summed E-state index contributed by atoms with van der Waals surface area (Å²) >= 11 is 0.792. The first kappa shape index (κ1) is 7.90. The first-order chi connectivity index (χ1) is 4.33. The first-order valence-electron chi connectivity index (χ1n) is 2.61. The molecule has 1 saturated heterocycles. The Morgan fingerprint density at radius 1 is 1.78 bits per heavy atom. The second kappa shape index (κ2) is 3.85. The van der Waals surface area contributed by atoms with E-state index < -0.39 is 11.4 Å². The summed E-state index contributed by atoms with van der Waals surface area (Å²) in [6, 6.07) is 0. The van der Waals surface area contributed by atoms with Gasteiger partial charge in [-0.25, -0.2) is 0 Å². The third-order valence-electron chi connectivity index (χ3n) is 0.996. The molecule has 1 unspecified atom stereocenters. The average molecular weight is 262 g/mol. The molecule has 1 aliphatic rings. The van der Waals surface area contributed by atoms with Gasteiger partial charge in [0.15, 0.2) is 0 Å². The lowest BCUT2D eigenvalue weighted by atomic mass is 10.3. The van der Waals surface area contributed by atoms with E-state index >= 15 is 0 Å². The molecule has 2 atom stereocenters. The minimum absolute atomic E-state index is 0.0581. The fourth-order valence-electron chi connectivity index (χ4n) is 0.551. The number of rotatable bonds is 2. The van der Waals surface area contributed by atoms with Crippen LogP contribution >= 0.6 is 22.6 Å². The second-order valence-electron chi connectivity index (χ2n) is 1.68. The molecule has 3 nitrogen and oxygen atoms in total. The summed E-state index contributed by atoms with van der Waals surface area (Å²) in [5.74, 6) is 0. The molecule has 0 saturated carbocycles. The van der Waals surface area contributed by atoms with Crippen LogP contribution in [0, 0.1) is 0 Å². The third-order valence-corrected chi connectivity index (χ3v) is 2.38. The molecule has 54 valence electrons. The highest BCUT2D eigenvalue weighted by Crippen LogP contribution is 2.12. The molecule has 0 amide bonds. The molecule has 0 N–H and O–H groups in total. The largest absolute Gasteiger partial charge is 0.305 e. The van der Waals surface area contributed by atoms with Gasteiger partial charge in [0.1, 0.15) is 6.10 Å². The zero-order valence-electron chi connectivity index (χ0n) is 4.71. The molecular weight excluding hydrogens is 255 g/mol. The summed E-state index contributed by atoms with van der Waals surface area (Å²) in [6.07, 6.45) is 0.981. The summed E-state index contributed by atoms with van der Waals surface area (Å²) in [6.45, 7) is 0.482. The van der Waals surface area contributed by atoms with Crippen LogP contribution in [-0.4, -0.2) is 21.3 Å². The van der Waals surface area contributed by atoms with Crippen molar-refractivity contribution in [2.45, 2.75) is 12.5 Å². The quantitative estimate of drug-likeness (QED) is 0.545. The van der Waals surface area contributed by atoms with E-state index in [0.717, 1.165) is 10.8 Å². The van der Waals surface area contributed by atoms with Crippen molar-refractivity contribution >= 4 is 34.0 Å². The summed E-state index contributed by atoms with van der Waals surface area (Å²) < 4.78 is 20.9. The highest BCUT2D eigenvalue weighted by Gasteiger charge is 2.21. The zero-order valence-corrected chi connectivity index (χ0v) is 7.68. The van der Waals surface area contributed by atoms with Gasteiger partial charge in [0.25, 0.3) is 0 Å². The Morgan fingerprint density at radius 2 is 2.56 bits per heavy atom. The predicted octanol–water partition coefficient (Wildman–Crippen LogP) is 0.806. The lowest BCUT2D eigenvalue weighted by molar-refractivity contribution is 0.237. The number of hydrogen-bond donors (Lipinski definition) is 0. The van der Waals surface area contributed by atoms with Crippen LogP contribution in [-0.2, 0) is 19.7 Å². The van der Waals surface area contributed by atoms with E-state index in [-0.39, 0.29) is 6.10 Å². The molecule has 0 aromatic rings. The van der Waals surface area contributed by atoms with Crippen LogP contribution in [0.3, 0.4) is 0 Å². The molecule has 9 heavy (non-hydrogen) atoms. The summed E-state index contributed by atoms with van der Waals surface area (Å²) in [5, 5.41) is 0. The molecule has 1 rings (SSSR count). The maximum atomic E-state index is 10.4. The molecule has 0 aliphatic carbocycles. The maximum absolute atomic E-state index is 10.4. The molecule has 0 aromatic heterocycles. The Balaban J connectivity index is 2.22. The zero-order chi connectivity index (χ0) is 6.69. The van der Waals surface area contributed by atoms with Crippen molar-refractivity contribution in [1.29, 1.82) is 0 Å². The van der Waals surface area contributed by atoms with E-state index in [1.165, 1.54) is 0 Å². The van der Waals surface area contributed by atoms with Crippen molar-refractivity contribution in [3.8, 4) is 0 Å². The van der Waals surface area contributed by atoms with Gasteiger partial charge in [0.05, 0.1) is 6.61 Å². The molecule has 1 heterocycles. The van der Waals surface area contributed by atoms with Gasteiger partial charge in [-0.1, -0.05) is 22.6 Å². The highest BCUT2D eigenvalue weighted by atomic mass is 127. The van der Waals surface area contributed by atoms with E-state index in [1.54, 1.807) is 0 Å². The smallest absolute Gasteiger partial charge is 0.266 e. The van der Waals surface area contributed by atoms with Crippen LogP contribution in [0.1, 0.15) is 6.42 Å². The Morgan fingerprint density at radius 3 is 3.00 bits per heavy atom. The fourth-order valence-corrected chi connectivity index (χ4v) is 1.94. The lowest BCUT2D eigenvalue weighted by Crippen LogP contribution is -2.08. The Kier molecular flexibility index (Phi) is 3.38. The van der Waals surface area contributed by atoms with Crippen LogP contribution in [0.25, 0.3) is 0 Å². The van der Waals surface area contributed by atoms with Crippen molar-refractivity contribution in [1.82, 2.24) is 0 Å². The van der Waals surface area contributed by atoms with Crippen molar-refractivity contribution in [2.24, 2.45) is 0 Å². The fraction of sp³-hybridized carbons (Fsp3) is 1.00. The van der Waals surface area contributed by atoms with Crippen LogP contribution in [0.2, 0.25) is 0 Å². The van der Waals surface area contributed by atoms with E-state index in [2.05, 4.69) is 26.8 Å². The highest BCUT2D eigenvalue weighted by molar-refractivity contribution is 14.1. The Labute approximate surface area is 70.1 Å². The van der Waals surface area contributed by atoms with E-state index in [9.17, 15) is 4.21 Å². The third kappa shape index (κ3) is 2.48. The lowest BCUT2D eigenvalue weighted by Gasteiger charge is -1.98. The van der Waals surface area contributed by atoms with Crippen molar-refractivity contribution in [3.05, 3.63) is 0 Å². The number of alkyl halides is 1. The second-order valence-corrected chi connectivity index (χ2v) is 3.60. The summed E-state index contributed by atoms with van der Waals surface area (Å²) in [4.78, 5) is 0. The van der Waals surface area contributed by atoms with Crippen LogP contribution in [0.4, 0.5) is 0 Å². The van der Waals surface area contributed by atoms with Gasteiger partial charge >= 0.3 is 11.4 Å². The molecule has 0 spiro atoms. The molecular formula is C4H7IO3S. The standard InChI is InChI=1S/C4H7IO3S/c5-2-1-4-3-7-9(6)8-4/h4H,1-3H2/t4-,9?/m0/s1. The molecule has 0 aromatic carbocycles.